The molecule has 0 spiro atoms. The second-order valence-corrected chi connectivity index (χ2v) is 6.32. The normalized spacial score (nSPS) is 20.7. The van der Waals surface area contributed by atoms with Crippen LogP contribution in [0.25, 0.3) is 0 Å². The third-order valence-corrected chi connectivity index (χ3v) is 3.99. The van der Waals surface area contributed by atoms with E-state index in [4.69, 9.17) is 10.3 Å². The Labute approximate surface area is 114 Å². The number of rotatable bonds is 3. The van der Waals surface area contributed by atoms with Crippen LogP contribution >= 0.6 is 0 Å². The van der Waals surface area contributed by atoms with Crippen molar-refractivity contribution < 1.29 is 9.21 Å². The van der Waals surface area contributed by atoms with Crippen molar-refractivity contribution in [2.75, 3.05) is 13.1 Å². The van der Waals surface area contributed by atoms with Crippen LogP contribution in [0.3, 0.4) is 0 Å². The first kappa shape index (κ1) is 14.1. The molecule has 1 aromatic rings. The van der Waals surface area contributed by atoms with Gasteiger partial charge >= 0.3 is 0 Å². The van der Waals surface area contributed by atoms with E-state index in [1.54, 1.807) is 6.07 Å². The molecular weight excluding hydrogens is 242 g/mol. The maximum absolute atomic E-state index is 11.6. The number of likely N-dealkylation sites (tertiary alicyclic amines) is 1. The Morgan fingerprint density at radius 2 is 2.32 bits per heavy atom. The molecule has 19 heavy (non-hydrogen) atoms. The van der Waals surface area contributed by atoms with Crippen LogP contribution in [0.15, 0.2) is 16.7 Å². The highest BCUT2D eigenvalue weighted by molar-refractivity contribution is 5.94. The van der Waals surface area contributed by atoms with Gasteiger partial charge in [0.15, 0.2) is 0 Å². The van der Waals surface area contributed by atoms with E-state index in [9.17, 15) is 4.79 Å². The minimum atomic E-state index is -0.296. The van der Waals surface area contributed by atoms with Crippen LogP contribution < -0.4 is 11.3 Å². The maximum Gasteiger partial charge on any atom is 0.268 e. The summed E-state index contributed by atoms with van der Waals surface area (Å²) in [5, 5.41) is 0. The molecule has 1 aromatic heterocycles. The lowest BCUT2D eigenvalue weighted by molar-refractivity contribution is 0.0950. The zero-order valence-corrected chi connectivity index (χ0v) is 11.9. The molecule has 0 saturated carbocycles. The van der Waals surface area contributed by atoms with Crippen LogP contribution in [0.5, 0.6) is 0 Å². The van der Waals surface area contributed by atoms with Gasteiger partial charge in [-0.05, 0) is 30.4 Å². The van der Waals surface area contributed by atoms with E-state index >= 15 is 0 Å². The number of carbonyl (C=O) groups is 1. The van der Waals surface area contributed by atoms with E-state index in [-0.39, 0.29) is 5.91 Å². The molecular formula is C14H23N3O2. The van der Waals surface area contributed by atoms with Crippen LogP contribution in [0.4, 0.5) is 0 Å². The molecule has 2 rings (SSSR count). The largest absolute Gasteiger partial charge is 0.467 e. The molecule has 1 unspecified atom stereocenters. The number of carbonyl (C=O) groups excluding carboxylic acids is 1. The van der Waals surface area contributed by atoms with Gasteiger partial charge in [0, 0.05) is 6.54 Å². The lowest BCUT2D eigenvalue weighted by Gasteiger charge is -2.27. The fourth-order valence-corrected chi connectivity index (χ4v) is 2.63. The molecule has 1 saturated heterocycles. The summed E-state index contributed by atoms with van der Waals surface area (Å²) in [4.78, 5) is 13.9. The summed E-state index contributed by atoms with van der Waals surface area (Å²) in [6.45, 7) is 9.60. The van der Waals surface area contributed by atoms with Crippen LogP contribution in [-0.4, -0.2) is 23.9 Å². The number of hydrazine groups is 1. The molecule has 1 aliphatic rings. The monoisotopic (exact) mass is 265 g/mol. The second kappa shape index (κ2) is 5.35. The van der Waals surface area contributed by atoms with E-state index in [2.05, 4.69) is 31.1 Å². The van der Waals surface area contributed by atoms with Gasteiger partial charge in [-0.15, -0.1) is 0 Å². The first-order valence-corrected chi connectivity index (χ1v) is 6.71. The highest BCUT2D eigenvalue weighted by Crippen LogP contribution is 2.34. The Balaban J connectivity index is 2.00. The first-order chi connectivity index (χ1) is 8.91. The molecule has 0 aliphatic carbocycles. The minimum Gasteiger partial charge on any atom is -0.467 e. The lowest BCUT2D eigenvalue weighted by Crippen LogP contribution is -2.31. The number of furan rings is 1. The Hall–Kier alpha value is -1.33. The first-order valence-electron chi connectivity index (χ1n) is 6.71. The van der Waals surface area contributed by atoms with Gasteiger partial charge in [0.2, 0.25) is 0 Å². The summed E-state index contributed by atoms with van der Waals surface area (Å²) in [5.41, 5.74) is 3.01. The molecule has 5 heteroatoms. The Morgan fingerprint density at radius 3 is 2.89 bits per heavy atom. The van der Waals surface area contributed by atoms with E-state index in [1.165, 1.54) is 12.7 Å². The van der Waals surface area contributed by atoms with Gasteiger partial charge in [-0.1, -0.05) is 20.8 Å². The molecule has 106 valence electrons. The third-order valence-electron chi connectivity index (χ3n) is 3.99. The zero-order valence-electron chi connectivity index (χ0n) is 11.9. The topological polar surface area (TPSA) is 71.5 Å². The van der Waals surface area contributed by atoms with Gasteiger partial charge in [-0.3, -0.25) is 15.1 Å². The summed E-state index contributed by atoms with van der Waals surface area (Å²) in [6.07, 6.45) is 2.74. The quantitative estimate of drug-likeness (QED) is 0.496. The zero-order chi connectivity index (χ0) is 14.0. The van der Waals surface area contributed by atoms with E-state index in [0.717, 1.165) is 13.1 Å². The van der Waals surface area contributed by atoms with Gasteiger partial charge in [-0.2, -0.15) is 0 Å². The number of hydrogen-bond acceptors (Lipinski definition) is 4. The fraction of sp³-hybridized carbons (Fsp3) is 0.643. The molecule has 3 N–H and O–H groups in total. The van der Waals surface area contributed by atoms with E-state index in [0.29, 0.717) is 29.2 Å². The van der Waals surface area contributed by atoms with Crippen LogP contribution in [0.1, 0.15) is 43.3 Å². The predicted octanol–water partition coefficient (Wildman–Crippen LogP) is 1.75. The average molecular weight is 265 g/mol. The SMILES string of the molecule is CC(C)(C)C1CCN(Cc2occc2C(=O)NN)C1. The summed E-state index contributed by atoms with van der Waals surface area (Å²) in [5.74, 6) is 6.25. The van der Waals surface area contributed by atoms with Crippen molar-refractivity contribution in [1.82, 2.24) is 10.3 Å². The number of nitrogens with one attached hydrogen (secondary N) is 1. The van der Waals surface area contributed by atoms with Crippen LogP contribution in [0.2, 0.25) is 0 Å². The molecule has 0 radical (unpaired) electrons. The molecule has 0 bridgehead atoms. The second-order valence-electron chi connectivity index (χ2n) is 6.32. The van der Waals surface area contributed by atoms with Crippen LogP contribution in [-0.2, 0) is 6.54 Å². The number of amides is 1. The smallest absolute Gasteiger partial charge is 0.268 e. The van der Waals surface area contributed by atoms with Crippen molar-refractivity contribution in [3.63, 3.8) is 0 Å². The number of nitrogen functional groups attached to an aromatic ring is 1. The predicted molar refractivity (Wildman–Crippen MR) is 73.2 cm³/mol. The fourth-order valence-electron chi connectivity index (χ4n) is 2.63. The van der Waals surface area contributed by atoms with Gasteiger partial charge in [0.05, 0.1) is 18.4 Å². The molecule has 1 amide bonds. The highest BCUT2D eigenvalue weighted by atomic mass is 16.3. The maximum atomic E-state index is 11.6. The molecule has 2 heterocycles. The molecule has 1 fully saturated rings. The lowest BCUT2D eigenvalue weighted by atomic mass is 9.80. The van der Waals surface area contributed by atoms with Gasteiger partial charge in [-0.25, -0.2) is 5.84 Å². The Bertz CT molecular complexity index is 448. The number of nitrogens with zero attached hydrogens (tertiary/aromatic N) is 1. The molecule has 0 aromatic carbocycles. The van der Waals surface area contributed by atoms with Crippen molar-refractivity contribution in [1.29, 1.82) is 0 Å². The van der Waals surface area contributed by atoms with Crippen molar-refractivity contribution >= 4 is 5.91 Å². The van der Waals surface area contributed by atoms with E-state index in [1.807, 2.05) is 0 Å². The minimum absolute atomic E-state index is 0.296. The Kier molecular flexibility index (Phi) is 3.96. The molecule has 1 atom stereocenters. The number of nitrogens with two attached hydrogens (primary N) is 1. The summed E-state index contributed by atoms with van der Waals surface area (Å²) < 4.78 is 5.41. The Morgan fingerprint density at radius 1 is 1.58 bits per heavy atom. The number of hydrogen-bond donors (Lipinski definition) is 2. The van der Waals surface area contributed by atoms with Crippen molar-refractivity contribution in [3.8, 4) is 0 Å². The highest BCUT2D eigenvalue weighted by Gasteiger charge is 2.32. The van der Waals surface area contributed by atoms with Crippen molar-refractivity contribution in [2.24, 2.45) is 17.2 Å². The standard InChI is InChI=1S/C14H23N3O2/c1-14(2,3)10-4-6-17(8-10)9-12-11(5-7-19-12)13(18)16-15/h5,7,10H,4,6,8-9,15H2,1-3H3,(H,16,18). The summed E-state index contributed by atoms with van der Waals surface area (Å²) in [7, 11) is 0. The van der Waals surface area contributed by atoms with Gasteiger partial charge in [0.25, 0.3) is 5.91 Å². The summed E-state index contributed by atoms with van der Waals surface area (Å²) >= 11 is 0. The molecule has 1 aliphatic heterocycles. The summed E-state index contributed by atoms with van der Waals surface area (Å²) in [6, 6.07) is 1.66. The third kappa shape index (κ3) is 3.16. The van der Waals surface area contributed by atoms with Crippen LogP contribution in [0, 0.1) is 11.3 Å². The van der Waals surface area contributed by atoms with E-state index < -0.39 is 0 Å². The molecule has 5 nitrogen and oxygen atoms in total. The van der Waals surface area contributed by atoms with Crippen molar-refractivity contribution in [3.05, 3.63) is 23.7 Å². The average Bonchev–Trinajstić information content (AvgIpc) is 2.97. The van der Waals surface area contributed by atoms with Gasteiger partial charge < -0.3 is 4.42 Å². The van der Waals surface area contributed by atoms with Crippen molar-refractivity contribution in [2.45, 2.75) is 33.7 Å². The van der Waals surface area contributed by atoms with Gasteiger partial charge in [0.1, 0.15) is 5.76 Å².